The van der Waals surface area contributed by atoms with Crippen LogP contribution in [0.4, 0.5) is 5.69 Å². The van der Waals surface area contributed by atoms with Gasteiger partial charge in [0, 0.05) is 11.3 Å². The number of halogens is 1. The highest BCUT2D eigenvalue weighted by Crippen LogP contribution is 2.38. The van der Waals surface area contributed by atoms with Crippen LogP contribution in [-0.2, 0) is 11.4 Å². The summed E-state index contributed by atoms with van der Waals surface area (Å²) in [5, 5.41) is 14.9. The minimum Gasteiger partial charge on any atom is -0.490 e. The highest BCUT2D eigenvalue weighted by atomic mass is 79.9. The molecule has 4 aromatic rings. The molecule has 5 nitrogen and oxygen atoms in total. The smallest absolute Gasteiger partial charge is 0.266 e. The van der Waals surface area contributed by atoms with E-state index in [4.69, 9.17) is 9.47 Å². The summed E-state index contributed by atoms with van der Waals surface area (Å²) in [5.74, 6) is 0.620. The summed E-state index contributed by atoms with van der Waals surface area (Å²) in [4.78, 5) is 12.9. The van der Waals surface area contributed by atoms with Crippen molar-refractivity contribution in [2.75, 3.05) is 11.9 Å². The van der Waals surface area contributed by atoms with E-state index in [0.717, 1.165) is 33.0 Å². The first-order valence-electron chi connectivity index (χ1n) is 12.4. The standard InChI is InChI=1S/C32H29BrN2O3/c1-5-37-30-17-23(15-25(18-34)32(36)35-29-12-8-9-20(2)22(29)4)16-28(33)31(30)38-19-27-21(3)13-14-24-10-6-7-11-26(24)27/h6-17H,5,19H2,1-4H3,(H,35,36)/b25-15+. The molecule has 1 N–H and O–H groups in total. The molecule has 0 saturated heterocycles. The highest BCUT2D eigenvalue weighted by molar-refractivity contribution is 9.10. The fraction of sp³-hybridized carbons (Fsp3) is 0.188. The van der Waals surface area contributed by atoms with Gasteiger partial charge in [0.05, 0.1) is 11.1 Å². The summed E-state index contributed by atoms with van der Waals surface area (Å²) >= 11 is 3.61. The number of hydrogen-bond donors (Lipinski definition) is 1. The number of carbonyl (C=O) groups is 1. The number of amides is 1. The second-order valence-electron chi connectivity index (χ2n) is 9.01. The Morgan fingerprint density at radius 3 is 2.55 bits per heavy atom. The van der Waals surface area contributed by atoms with Crippen molar-refractivity contribution in [3.63, 3.8) is 0 Å². The summed E-state index contributed by atoms with van der Waals surface area (Å²) in [6.07, 6.45) is 1.55. The molecular formula is C32H29BrN2O3. The normalized spacial score (nSPS) is 11.2. The van der Waals surface area contributed by atoms with E-state index >= 15 is 0 Å². The molecule has 4 rings (SSSR count). The molecule has 192 valence electrons. The van der Waals surface area contributed by atoms with Crippen LogP contribution >= 0.6 is 15.9 Å². The fourth-order valence-electron chi connectivity index (χ4n) is 4.25. The molecule has 38 heavy (non-hydrogen) atoms. The zero-order chi connectivity index (χ0) is 27.2. The van der Waals surface area contributed by atoms with Gasteiger partial charge in [-0.2, -0.15) is 5.26 Å². The van der Waals surface area contributed by atoms with Gasteiger partial charge in [-0.15, -0.1) is 0 Å². The number of anilines is 1. The summed E-state index contributed by atoms with van der Waals surface area (Å²) in [6.45, 7) is 8.68. The Morgan fingerprint density at radius 2 is 1.79 bits per heavy atom. The SMILES string of the molecule is CCOc1cc(/C=C(\C#N)C(=O)Nc2cccc(C)c2C)cc(Br)c1OCc1c(C)ccc2ccccc12. The van der Waals surface area contributed by atoms with Crippen molar-refractivity contribution in [2.45, 2.75) is 34.3 Å². The largest absolute Gasteiger partial charge is 0.490 e. The van der Waals surface area contributed by atoms with E-state index in [1.807, 2.05) is 63.2 Å². The van der Waals surface area contributed by atoms with Crippen LogP contribution in [0.1, 0.15) is 34.7 Å². The molecule has 0 saturated carbocycles. The number of rotatable bonds is 8. The van der Waals surface area contributed by atoms with Gasteiger partial charge in [-0.1, -0.05) is 48.5 Å². The first-order valence-corrected chi connectivity index (χ1v) is 13.2. The highest BCUT2D eigenvalue weighted by Gasteiger charge is 2.16. The van der Waals surface area contributed by atoms with Crippen LogP contribution in [0.2, 0.25) is 0 Å². The van der Waals surface area contributed by atoms with Crippen molar-refractivity contribution < 1.29 is 14.3 Å². The second-order valence-corrected chi connectivity index (χ2v) is 9.86. The molecule has 0 atom stereocenters. The average Bonchev–Trinajstić information content (AvgIpc) is 2.90. The lowest BCUT2D eigenvalue weighted by atomic mass is 10.0. The van der Waals surface area contributed by atoms with Crippen LogP contribution in [0, 0.1) is 32.1 Å². The van der Waals surface area contributed by atoms with E-state index in [1.165, 1.54) is 0 Å². The topological polar surface area (TPSA) is 71.3 Å². The van der Waals surface area contributed by atoms with Crippen molar-refractivity contribution >= 4 is 44.4 Å². The van der Waals surface area contributed by atoms with Crippen LogP contribution in [0.3, 0.4) is 0 Å². The zero-order valence-corrected chi connectivity index (χ0v) is 23.5. The third-order valence-corrected chi connectivity index (χ3v) is 7.09. The number of benzene rings is 4. The number of carbonyl (C=O) groups excluding carboxylic acids is 1. The van der Waals surface area contributed by atoms with Gasteiger partial charge in [-0.3, -0.25) is 4.79 Å². The van der Waals surface area contributed by atoms with Crippen LogP contribution in [0.5, 0.6) is 11.5 Å². The predicted octanol–water partition coefficient (Wildman–Crippen LogP) is 8.05. The third kappa shape index (κ3) is 5.90. The van der Waals surface area contributed by atoms with Gasteiger partial charge in [-0.05, 0) is 101 Å². The van der Waals surface area contributed by atoms with Crippen LogP contribution in [0.15, 0.2) is 76.8 Å². The van der Waals surface area contributed by atoms with Gasteiger partial charge in [0.2, 0.25) is 0 Å². The van der Waals surface area contributed by atoms with Gasteiger partial charge in [0.15, 0.2) is 11.5 Å². The molecule has 0 aliphatic heterocycles. The monoisotopic (exact) mass is 568 g/mol. The van der Waals surface area contributed by atoms with Crippen LogP contribution in [0.25, 0.3) is 16.8 Å². The third-order valence-electron chi connectivity index (χ3n) is 6.50. The molecule has 0 aliphatic rings. The number of hydrogen-bond acceptors (Lipinski definition) is 4. The van der Waals surface area contributed by atoms with E-state index in [2.05, 4.69) is 52.4 Å². The number of nitriles is 1. The quantitative estimate of drug-likeness (QED) is 0.172. The minimum absolute atomic E-state index is 0.0136. The first kappa shape index (κ1) is 27.0. The second kappa shape index (κ2) is 12.0. The number of nitrogens with zero attached hydrogens (tertiary/aromatic N) is 1. The number of nitrogens with one attached hydrogen (secondary N) is 1. The van der Waals surface area contributed by atoms with Crippen molar-refractivity contribution in [1.29, 1.82) is 5.26 Å². The Kier molecular flexibility index (Phi) is 8.50. The molecule has 0 fully saturated rings. The molecule has 0 bridgehead atoms. The van der Waals surface area contributed by atoms with Crippen molar-refractivity contribution in [3.05, 3.63) is 105 Å². The number of fused-ring (bicyclic) bond motifs is 1. The molecule has 6 heteroatoms. The Morgan fingerprint density at radius 1 is 1.00 bits per heavy atom. The van der Waals surface area contributed by atoms with Crippen LogP contribution in [-0.4, -0.2) is 12.5 Å². The van der Waals surface area contributed by atoms with Crippen molar-refractivity contribution in [2.24, 2.45) is 0 Å². The first-order chi connectivity index (χ1) is 18.3. The summed E-state index contributed by atoms with van der Waals surface area (Å²) in [6, 6.07) is 23.7. The molecular weight excluding hydrogens is 540 g/mol. The summed E-state index contributed by atoms with van der Waals surface area (Å²) < 4.78 is 12.9. The lowest BCUT2D eigenvalue weighted by Crippen LogP contribution is -2.14. The lowest BCUT2D eigenvalue weighted by molar-refractivity contribution is -0.112. The van der Waals surface area contributed by atoms with Crippen molar-refractivity contribution in [1.82, 2.24) is 0 Å². The molecule has 0 heterocycles. The maximum atomic E-state index is 12.9. The van der Waals surface area contributed by atoms with E-state index in [9.17, 15) is 10.1 Å². The van der Waals surface area contributed by atoms with E-state index in [1.54, 1.807) is 12.1 Å². The number of aryl methyl sites for hydroxylation is 2. The van der Waals surface area contributed by atoms with Gasteiger partial charge >= 0.3 is 0 Å². The maximum absolute atomic E-state index is 12.9. The lowest BCUT2D eigenvalue weighted by Gasteiger charge is -2.17. The molecule has 0 radical (unpaired) electrons. The fourth-order valence-corrected chi connectivity index (χ4v) is 4.82. The summed E-state index contributed by atoms with van der Waals surface area (Å²) in [5.41, 5.74) is 5.58. The van der Waals surface area contributed by atoms with Gasteiger partial charge in [-0.25, -0.2) is 0 Å². The van der Waals surface area contributed by atoms with E-state index in [-0.39, 0.29) is 5.57 Å². The molecule has 0 unspecified atom stereocenters. The molecule has 0 aromatic heterocycles. The van der Waals surface area contributed by atoms with E-state index < -0.39 is 5.91 Å². The minimum atomic E-state index is -0.470. The number of ether oxygens (including phenoxy) is 2. The molecule has 1 amide bonds. The Balaban J connectivity index is 1.62. The predicted molar refractivity (Wildman–Crippen MR) is 156 cm³/mol. The van der Waals surface area contributed by atoms with Crippen molar-refractivity contribution in [3.8, 4) is 17.6 Å². The zero-order valence-electron chi connectivity index (χ0n) is 21.9. The Bertz CT molecular complexity index is 1580. The molecule has 4 aromatic carbocycles. The Labute approximate surface area is 231 Å². The maximum Gasteiger partial charge on any atom is 0.266 e. The van der Waals surface area contributed by atoms with Gasteiger partial charge < -0.3 is 14.8 Å². The summed E-state index contributed by atoms with van der Waals surface area (Å²) in [7, 11) is 0. The van der Waals surface area contributed by atoms with E-state index in [0.29, 0.717) is 40.4 Å². The molecule has 0 spiro atoms. The Hall–Kier alpha value is -4.08. The van der Waals surface area contributed by atoms with Gasteiger partial charge in [0.25, 0.3) is 5.91 Å². The molecule has 0 aliphatic carbocycles. The average molecular weight is 569 g/mol. The van der Waals surface area contributed by atoms with Crippen LogP contribution < -0.4 is 14.8 Å². The van der Waals surface area contributed by atoms with Gasteiger partial charge in [0.1, 0.15) is 18.2 Å².